The van der Waals surface area contributed by atoms with Crippen molar-refractivity contribution in [2.24, 2.45) is 0 Å². The third kappa shape index (κ3) is 3.68. The molecule has 0 amide bonds. The Morgan fingerprint density at radius 3 is 2.52 bits per heavy atom. The Kier molecular flexibility index (Phi) is 6.44. The lowest BCUT2D eigenvalue weighted by Gasteiger charge is -2.31. The average Bonchev–Trinajstić information content (AvgIpc) is 2.47. The van der Waals surface area contributed by atoms with Crippen LogP contribution in [-0.2, 0) is 10.0 Å². The van der Waals surface area contributed by atoms with E-state index < -0.39 is 10.0 Å². The number of hydrogen-bond acceptors (Lipinski definition) is 4. The number of sulfonamides is 1. The van der Waals surface area contributed by atoms with E-state index in [1.165, 1.54) is 16.4 Å². The molecule has 0 aromatic heterocycles. The normalized spacial score (nSPS) is 17.0. The Balaban J connectivity index is 0.00000220. The van der Waals surface area contributed by atoms with Crippen LogP contribution in [0, 0.1) is 11.3 Å². The van der Waals surface area contributed by atoms with Crippen molar-refractivity contribution in [1.29, 1.82) is 5.26 Å². The number of piperidine rings is 1. The number of hydrogen-bond donors (Lipinski definition) is 1. The van der Waals surface area contributed by atoms with E-state index in [9.17, 15) is 8.42 Å². The smallest absolute Gasteiger partial charge is 0.244 e. The first-order valence-electron chi connectivity index (χ1n) is 6.36. The lowest BCUT2D eigenvalue weighted by molar-refractivity contribution is 0.298. The van der Waals surface area contributed by atoms with Crippen molar-refractivity contribution in [2.75, 3.05) is 20.1 Å². The van der Waals surface area contributed by atoms with Crippen molar-refractivity contribution in [3.05, 3.63) is 28.8 Å². The average molecular weight is 350 g/mol. The molecule has 1 aromatic carbocycles. The van der Waals surface area contributed by atoms with E-state index in [-0.39, 0.29) is 27.9 Å². The van der Waals surface area contributed by atoms with Crippen LogP contribution in [0.4, 0.5) is 0 Å². The van der Waals surface area contributed by atoms with Crippen LogP contribution >= 0.6 is 24.0 Å². The molecule has 0 aliphatic carbocycles. The molecule has 0 bridgehead atoms. The fourth-order valence-electron chi connectivity index (χ4n) is 2.35. The van der Waals surface area contributed by atoms with Crippen molar-refractivity contribution in [3.63, 3.8) is 0 Å². The molecule has 1 heterocycles. The van der Waals surface area contributed by atoms with Gasteiger partial charge in [-0.3, -0.25) is 0 Å². The minimum atomic E-state index is -3.66. The van der Waals surface area contributed by atoms with Gasteiger partial charge in [0.25, 0.3) is 0 Å². The molecule has 0 spiro atoms. The molecule has 1 aliphatic heterocycles. The molecule has 1 saturated heterocycles. The second kappa shape index (κ2) is 7.43. The monoisotopic (exact) mass is 349 g/mol. The fraction of sp³-hybridized carbons (Fsp3) is 0.462. The number of nitrogens with zero attached hydrogens (tertiary/aromatic N) is 2. The lowest BCUT2D eigenvalue weighted by atomic mass is 10.1. The Bertz CT molecular complexity index is 635. The van der Waals surface area contributed by atoms with Crippen LogP contribution in [-0.4, -0.2) is 38.9 Å². The molecule has 0 unspecified atom stereocenters. The second-order valence-electron chi connectivity index (χ2n) is 4.69. The van der Waals surface area contributed by atoms with Gasteiger partial charge in [-0.05, 0) is 32.0 Å². The highest BCUT2D eigenvalue weighted by molar-refractivity contribution is 7.89. The first-order chi connectivity index (χ1) is 9.50. The molecule has 1 N–H and O–H groups in total. The predicted molar refractivity (Wildman–Crippen MR) is 84.3 cm³/mol. The highest BCUT2D eigenvalue weighted by atomic mass is 35.5. The van der Waals surface area contributed by atoms with Crippen molar-refractivity contribution < 1.29 is 8.42 Å². The van der Waals surface area contributed by atoms with E-state index in [2.05, 4.69) is 5.32 Å². The van der Waals surface area contributed by atoms with Gasteiger partial charge in [-0.25, -0.2) is 8.42 Å². The first-order valence-corrected chi connectivity index (χ1v) is 8.18. The van der Waals surface area contributed by atoms with Crippen LogP contribution in [0.15, 0.2) is 23.1 Å². The Morgan fingerprint density at radius 2 is 2.00 bits per heavy atom. The standard InChI is InChI=1S/C13H16ClN3O2S.ClH/c1-16-10-5-7-17(8-6-10)20(18,19)13-4-2-3-12(14)11(13)9-15;/h2-4,10,16H,5-8H2,1H3;1H. The SMILES string of the molecule is CNC1CCN(S(=O)(=O)c2cccc(Cl)c2C#N)CC1.Cl. The van der Waals surface area contributed by atoms with Gasteiger partial charge in [0.15, 0.2) is 0 Å². The summed E-state index contributed by atoms with van der Waals surface area (Å²) < 4.78 is 26.6. The third-order valence-corrected chi connectivity index (χ3v) is 5.82. The van der Waals surface area contributed by atoms with E-state index in [1.807, 2.05) is 13.1 Å². The summed E-state index contributed by atoms with van der Waals surface area (Å²) in [6.45, 7) is 0.899. The van der Waals surface area contributed by atoms with Crippen molar-refractivity contribution in [3.8, 4) is 6.07 Å². The molecule has 1 aliphatic rings. The van der Waals surface area contributed by atoms with E-state index in [1.54, 1.807) is 6.07 Å². The van der Waals surface area contributed by atoms with Crippen LogP contribution in [0.25, 0.3) is 0 Å². The summed E-state index contributed by atoms with van der Waals surface area (Å²) in [5, 5.41) is 12.4. The van der Waals surface area contributed by atoms with E-state index in [4.69, 9.17) is 16.9 Å². The predicted octanol–water partition coefficient (Wildman–Crippen LogP) is 2.01. The minimum Gasteiger partial charge on any atom is -0.317 e. The second-order valence-corrected chi connectivity index (χ2v) is 7.01. The van der Waals surface area contributed by atoms with Gasteiger partial charge < -0.3 is 5.32 Å². The zero-order chi connectivity index (χ0) is 14.8. The molecule has 116 valence electrons. The molecule has 2 rings (SSSR count). The number of nitriles is 1. The molecular formula is C13H17Cl2N3O2S. The van der Waals surface area contributed by atoms with Gasteiger partial charge in [0, 0.05) is 19.1 Å². The van der Waals surface area contributed by atoms with Crippen LogP contribution in [0.2, 0.25) is 5.02 Å². The van der Waals surface area contributed by atoms with Gasteiger partial charge in [0.1, 0.15) is 11.0 Å². The molecule has 0 radical (unpaired) electrons. The molecule has 0 atom stereocenters. The molecule has 21 heavy (non-hydrogen) atoms. The Hall–Kier alpha value is -0.840. The maximum Gasteiger partial charge on any atom is 0.244 e. The summed E-state index contributed by atoms with van der Waals surface area (Å²) >= 11 is 5.90. The number of nitrogens with one attached hydrogen (secondary N) is 1. The lowest BCUT2D eigenvalue weighted by Crippen LogP contribution is -2.44. The topological polar surface area (TPSA) is 73.2 Å². The van der Waals surface area contributed by atoms with Gasteiger partial charge in [0.2, 0.25) is 10.0 Å². The summed E-state index contributed by atoms with van der Waals surface area (Å²) in [5.74, 6) is 0. The summed E-state index contributed by atoms with van der Waals surface area (Å²) in [5.41, 5.74) is 0.0184. The van der Waals surface area contributed by atoms with Crippen LogP contribution < -0.4 is 5.32 Å². The fourth-order valence-corrected chi connectivity index (χ4v) is 4.26. The number of rotatable bonds is 3. The zero-order valence-corrected chi connectivity index (χ0v) is 13.9. The van der Waals surface area contributed by atoms with Crippen molar-refractivity contribution in [2.45, 2.75) is 23.8 Å². The van der Waals surface area contributed by atoms with Gasteiger partial charge in [-0.2, -0.15) is 9.57 Å². The largest absolute Gasteiger partial charge is 0.317 e. The maximum absolute atomic E-state index is 12.6. The number of benzene rings is 1. The van der Waals surface area contributed by atoms with Gasteiger partial charge in [0.05, 0.1) is 10.6 Å². The van der Waals surface area contributed by atoms with Crippen LogP contribution in [0.5, 0.6) is 0 Å². The summed E-state index contributed by atoms with van der Waals surface area (Å²) in [7, 11) is -1.79. The zero-order valence-electron chi connectivity index (χ0n) is 11.5. The molecule has 1 fully saturated rings. The first kappa shape index (κ1) is 18.2. The van der Waals surface area contributed by atoms with Gasteiger partial charge >= 0.3 is 0 Å². The number of halogens is 2. The van der Waals surface area contributed by atoms with Gasteiger partial charge in [-0.15, -0.1) is 12.4 Å². The maximum atomic E-state index is 12.6. The Morgan fingerprint density at radius 1 is 1.38 bits per heavy atom. The molecule has 5 nitrogen and oxygen atoms in total. The third-order valence-electron chi connectivity index (χ3n) is 3.57. The quantitative estimate of drug-likeness (QED) is 0.905. The Labute approximate surface area is 136 Å². The summed E-state index contributed by atoms with van der Waals surface area (Å²) in [6, 6.07) is 6.73. The highest BCUT2D eigenvalue weighted by Gasteiger charge is 2.31. The molecule has 0 saturated carbocycles. The molecule has 8 heteroatoms. The molecule has 1 aromatic rings. The van der Waals surface area contributed by atoms with Gasteiger partial charge in [-0.1, -0.05) is 17.7 Å². The van der Waals surface area contributed by atoms with Crippen molar-refractivity contribution >= 4 is 34.0 Å². The van der Waals surface area contributed by atoms with Crippen LogP contribution in [0.3, 0.4) is 0 Å². The van der Waals surface area contributed by atoms with E-state index in [0.717, 1.165) is 12.8 Å². The summed E-state index contributed by atoms with van der Waals surface area (Å²) in [4.78, 5) is -0.00425. The van der Waals surface area contributed by atoms with E-state index in [0.29, 0.717) is 19.1 Å². The van der Waals surface area contributed by atoms with Crippen molar-refractivity contribution in [1.82, 2.24) is 9.62 Å². The minimum absolute atomic E-state index is 0. The summed E-state index contributed by atoms with van der Waals surface area (Å²) in [6.07, 6.45) is 1.52. The highest BCUT2D eigenvalue weighted by Crippen LogP contribution is 2.27. The van der Waals surface area contributed by atoms with E-state index >= 15 is 0 Å². The molecular weight excluding hydrogens is 333 g/mol. The van der Waals surface area contributed by atoms with Crippen LogP contribution in [0.1, 0.15) is 18.4 Å².